The lowest BCUT2D eigenvalue weighted by atomic mass is 10.1. The maximum atomic E-state index is 13.0. The van der Waals surface area contributed by atoms with Gasteiger partial charge in [-0.25, -0.2) is 8.78 Å². The van der Waals surface area contributed by atoms with Gasteiger partial charge in [-0.05, 0) is 12.1 Å². The third kappa shape index (κ3) is 2.96. The van der Waals surface area contributed by atoms with Crippen LogP contribution < -0.4 is 5.73 Å². The molecule has 0 fully saturated rings. The number of hydrogen-bond donors (Lipinski definition) is 1. The van der Waals surface area contributed by atoms with Gasteiger partial charge in [0.15, 0.2) is 0 Å². The molecule has 0 heterocycles. The summed E-state index contributed by atoms with van der Waals surface area (Å²) in [5, 5.41) is -0.945. The Morgan fingerprint density at radius 2 is 1.56 bits per heavy atom. The summed E-state index contributed by atoms with van der Waals surface area (Å²) in [6, 6.07) is -1.47. The van der Waals surface area contributed by atoms with Gasteiger partial charge in [-0.2, -0.15) is 13.2 Å². The first kappa shape index (κ1) is 15.4. The van der Waals surface area contributed by atoms with Gasteiger partial charge in [-0.15, -0.1) is 12.4 Å². The van der Waals surface area contributed by atoms with Crippen molar-refractivity contribution >= 4 is 24.0 Å². The highest BCUT2D eigenvalue weighted by atomic mass is 35.5. The minimum Gasteiger partial charge on any atom is -0.316 e. The van der Waals surface area contributed by atoms with Crippen LogP contribution in [0.1, 0.15) is 11.6 Å². The lowest BCUT2D eigenvalue weighted by molar-refractivity contribution is -0.149. The maximum absolute atomic E-state index is 13.0. The molecule has 0 aliphatic carbocycles. The number of nitrogens with two attached hydrogens (primary N) is 1. The lowest BCUT2D eigenvalue weighted by Crippen LogP contribution is -2.29. The molecule has 0 saturated carbocycles. The van der Waals surface area contributed by atoms with Crippen molar-refractivity contribution in [2.75, 3.05) is 0 Å². The van der Waals surface area contributed by atoms with Gasteiger partial charge in [0.2, 0.25) is 0 Å². The molecule has 1 aromatic rings. The molecule has 0 unspecified atom stereocenters. The zero-order chi connectivity index (χ0) is 11.8. The highest BCUT2D eigenvalue weighted by Crippen LogP contribution is 2.36. The van der Waals surface area contributed by atoms with Crippen molar-refractivity contribution in [1.29, 1.82) is 0 Å². The summed E-state index contributed by atoms with van der Waals surface area (Å²) in [5.41, 5.74) is 3.65. The lowest BCUT2D eigenvalue weighted by Gasteiger charge is -2.17. The van der Waals surface area contributed by atoms with Crippen molar-refractivity contribution in [3.05, 3.63) is 34.4 Å². The molecule has 0 aliphatic rings. The van der Waals surface area contributed by atoms with E-state index in [1.165, 1.54) is 0 Å². The predicted molar refractivity (Wildman–Crippen MR) is 51.6 cm³/mol. The van der Waals surface area contributed by atoms with Crippen molar-refractivity contribution in [2.45, 2.75) is 12.2 Å². The molecule has 0 saturated heterocycles. The molecule has 0 bridgehead atoms. The second kappa shape index (κ2) is 5.16. The Hall–Kier alpha value is -0.590. The van der Waals surface area contributed by atoms with Crippen molar-refractivity contribution in [3.63, 3.8) is 0 Å². The zero-order valence-electron chi connectivity index (χ0n) is 7.49. The molecule has 1 nitrogen and oxygen atoms in total. The molecule has 0 spiro atoms. The van der Waals surface area contributed by atoms with Crippen LogP contribution in [0, 0.1) is 11.6 Å². The van der Waals surface area contributed by atoms with Crippen LogP contribution in [0.15, 0.2) is 12.1 Å². The molecule has 0 radical (unpaired) electrons. The number of benzene rings is 1. The molecule has 1 aromatic carbocycles. The molecular formula is C8H6Cl2F5N. The summed E-state index contributed by atoms with van der Waals surface area (Å²) in [5.74, 6) is -2.43. The number of halogens is 7. The van der Waals surface area contributed by atoms with E-state index in [1.54, 1.807) is 0 Å². The summed E-state index contributed by atoms with van der Waals surface area (Å²) < 4.78 is 62.2. The smallest absolute Gasteiger partial charge is 0.316 e. The van der Waals surface area contributed by atoms with E-state index in [0.29, 0.717) is 12.1 Å². The SMILES string of the molecule is Cl.N[C@H](c1c(F)ccc(F)c1Cl)C(F)(F)F. The molecular weight excluding hydrogens is 276 g/mol. The van der Waals surface area contributed by atoms with Crippen molar-refractivity contribution in [2.24, 2.45) is 5.73 Å². The Balaban J connectivity index is 0.00000225. The van der Waals surface area contributed by atoms with Gasteiger partial charge in [0, 0.05) is 5.56 Å². The fraction of sp³-hybridized carbons (Fsp3) is 0.250. The Kier molecular flexibility index (Phi) is 4.97. The van der Waals surface area contributed by atoms with E-state index < -0.39 is 34.4 Å². The monoisotopic (exact) mass is 281 g/mol. The third-order valence-electron chi connectivity index (χ3n) is 1.74. The van der Waals surface area contributed by atoms with E-state index in [9.17, 15) is 22.0 Å². The van der Waals surface area contributed by atoms with Crippen LogP contribution >= 0.6 is 24.0 Å². The molecule has 1 atom stereocenters. The first-order valence-corrected chi connectivity index (χ1v) is 4.08. The zero-order valence-corrected chi connectivity index (χ0v) is 9.06. The normalized spacial score (nSPS) is 13.2. The summed E-state index contributed by atoms with van der Waals surface area (Å²) in [6.07, 6.45) is -4.88. The molecule has 0 aromatic heterocycles. The molecule has 0 amide bonds. The van der Waals surface area contributed by atoms with Crippen molar-refractivity contribution in [1.82, 2.24) is 0 Å². The van der Waals surface area contributed by atoms with Crippen LogP contribution in [0.25, 0.3) is 0 Å². The minimum absolute atomic E-state index is 0. The highest BCUT2D eigenvalue weighted by molar-refractivity contribution is 6.31. The van der Waals surface area contributed by atoms with Crippen LogP contribution in [0.2, 0.25) is 5.02 Å². The van der Waals surface area contributed by atoms with Gasteiger partial charge in [-0.1, -0.05) is 11.6 Å². The van der Waals surface area contributed by atoms with Crippen LogP contribution in [0.5, 0.6) is 0 Å². The van der Waals surface area contributed by atoms with Gasteiger partial charge in [0.05, 0.1) is 5.02 Å². The largest absolute Gasteiger partial charge is 0.407 e. The summed E-state index contributed by atoms with van der Waals surface area (Å²) in [6.45, 7) is 0. The second-order valence-electron chi connectivity index (χ2n) is 2.78. The standard InChI is InChI=1S/C8H5ClF5N.ClH/c9-6-4(11)2-1-3(10)5(6)7(15)8(12,13)14;/h1-2,7H,15H2;1H/t7-;/m1./s1. The first-order valence-electron chi connectivity index (χ1n) is 3.71. The second-order valence-corrected chi connectivity index (χ2v) is 3.15. The van der Waals surface area contributed by atoms with E-state index in [-0.39, 0.29) is 12.4 Å². The molecule has 92 valence electrons. The van der Waals surface area contributed by atoms with E-state index in [0.717, 1.165) is 0 Å². The Morgan fingerprint density at radius 3 is 2.00 bits per heavy atom. The maximum Gasteiger partial charge on any atom is 0.407 e. The van der Waals surface area contributed by atoms with E-state index in [4.69, 9.17) is 17.3 Å². The Labute approximate surface area is 98.8 Å². The minimum atomic E-state index is -4.88. The average Bonchev–Trinajstić information content (AvgIpc) is 2.10. The van der Waals surface area contributed by atoms with Gasteiger partial charge in [-0.3, -0.25) is 0 Å². The molecule has 1 rings (SSSR count). The highest BCUT2D eigenvalue weighted by Gasteiger charge is 2.41. The molecule has 8 heteroatoms. The number of hydrogen-bond acceptors (Lipinski definition) is 1. The summed E-state index contributed by atoms with van der Waals surface area (Å²) in [7, 11) is 0. The fourth-order valence-corrected chi connectivity index (χ4v) is 1.26. The van der Waals surface area contributed by atoms with E-state index >= 15 is 0 Å². The summed E-state index contributed by atoms with van der Waals surface area (Å²) >= 11 is 5.20. The van der Waals surface area contributed by atoms with E-state index in [2.05, 4.69) is 0 Å². The average molecular weight is 282 g/mol. The van der Waals surface area contributed by atoms with Gasteiger partial charge in [0.1, 0.15) is 17.7 Å². The van der Waals surface area contributed by atoms with Gasteiger partial charge >= 0.3 is 6.18 Å². The molecule has 2 N–H and O–H groups in total. The topological polar surface area (TPSA) is 26.0 Å². The van der Waals surface area contributed by atoms with Crippen molar-refractivity contribution < 1.29 is 22.0 Å². The molecule has 0 aliphatic heterocycles. The van der Waals surface area contributed by atoms with Crippen LogP contribution in [-0.2, 0) is 0 Å². The van der Waals surface area contributed by atoms with Crippen LogP contribution in [-0.4, -0.2) is 6.18 Å². The molecule has 16 heavy (non-hydrogen) atoms. The van der Waals surface area contributed by atoms with Crippen LogP contribution in [0.3, 0.4) is 0 Å². The summed E-state index contributed by atoms with van der Waals surface area (Å²) in [4.78, 5) is 0. The Morgan fingerprint density at radius 1 is 1.12 bits per heavy atom. The predicted octanol–water partition coefficient (Wildman–Crippen LogP) is 3.60. The third-order valence-corrected chi connectivity index (χ3v) is 2.13. The Bertz CT molecular complexity index is 379. The van der Waals surface area contributed by atoms with Gasteiger partial charge < -0.3 is 5.73 Å². The van der Waals surface area contributed by atoms with Gasteiger partial charge in [0.25, 0.3) is 0 Å². The van der Waals surface area contributed by atoms with Crippen molar-refractivity contribution in [3.8, 4) is 0 Å². The quantitative estimate of drug-likeness (QED) is 0.618. The fourth-order valence-electron chi connectivity index (χ4n) is 0.992. The number of alkyl halides is 3. The van der Waals surface area contributed by atoms with Crippen LogP contribution in [0.4, 0.5) is 22.0 Å². The number of rotatable bonds is 1. The first-order chi connectivity index (χ1) is 6.75. The van der Waals surface area contributed by atoms with E-state index in [1.807, 2.05) is 0 Å².